The summed E-state index contributed by atoms with van der Waals surface area (Å²) < 4.78 is 19.7. The zero-order valence-corrected chi connectivity index (χ0v) is 13.0. The van der Waals surface area contributed by atoms with E-state index < -0.39 is 21.7 Å². The Bertz CT molecular complexity index is 590. The monoisotopic (exact) mass is 338 g/mol. The maximum absolute atomic E-state index is 12.0. The number of nitrogens with two attached hydrogens (primary N) is 1. The average molecular weight is 339 g/mol. The molecule has 0 amide bonds. The summed E-state index contributed by atoms with van der Waals surface area (Å²) in [5, 5.41) is 9.49. The number of benzene rings is 1. The first-order valence-electron chi connectivity index (χ1n) is 5.88. The van der Waals surface area contributed by atoms with Crippen molar-refractivity contribution >= 4 is 38.9 Å². The lowest BCUT2D eigenvalue weighted by molar-refractivity contribution is -0.138. The van der Waals surface area contributed by atoms with E-state index in [0.717, 1.165) is 5.56 Å². The Kier molecular flexibility index (Phi) is 6.26. The van der Waals surface area contributed by atoms with Crippen LogP contribution in [0, 0.1) is 4.78 Å². The second kappa shape index (κ2) is 7.26. The van der Waals surface area contributed by atoms with Gasteiger partial charge in [-0.05, 0) is 30.5 Å². The first-order valence-corrected chi connectivity index (χ1v) is 8.53. The van der Waals surface area contributed by atoms with Crippen LogP contribution >= 0.6 is 23.2 Å². The first kappa shape index (κ1) is 17.2. The maximum atomic E-state index is 12.0. The van der Waals surface area contributed by atoms with Crippen molar-refractivity contribution in [2.75, 3.05) is 11.5 Å². The van der Waals surface area contributed by atoms with E-state index in [9.17, 15) is 9.00 Å². The number of hydrogen-bond acceptors (Lipinski definition) is 4. The molecule has 1 rings (SSSR count). The second-order valence-corrected chi connectivity index (χ2v) is 7.71. The molecule has 0 aliphatic rings. The van der Waals surface area contributed by atoms with E-state index in [-0.39, 0.29) is 17.9 Å². The van der Waals surface area contributed by atoms with Crippen LogP contribution in [0.1, 0.15) is 12.0 Å². The molecule has 4 N–H and O–H groups in total. The van der Waals surface area contributed by atoms with Gasteiger partial charge in [-0.2, -0.15) is 0 Å². The molecule has 0 aromatic heterocycles. The number of carbonyl (C=O) groups is 1. The lowest BCUT2D eigenvalue weighted by Gasteiger charge is -2.10. The topological polar surface area (TPSA) is 104 Å². The summed E-state index contributed by atoms with van der Waals surface area (Å²) in [5.41, 5.74) is 6.16. The molecule has 5 nitrogen and oxygen atoms in total. The van der Waals surface area contributed by atoms with Crippen molar-refractivity contribution in [3.8, 4) is 0 Å². The van der Waals surface area contributed by atoms with Crippen LogP contribution in [0.2, 0.25) is 10.0 Å². The minimum atomic E-state index is -2.85. The summed E-state index contributed by atoms with van der Waals surface area (Å²) >= 11 is 11.7. The third kappa shape index (κ3) is 5.66. The summed E-state index contributed by atoms with van der Waals surface area (Å²) in [6.07, 6.45) is 0.445. The molecule has 1 aromatic rings. The van der Waals surface area contributed by atoms with Crippen LogP contribution < -0.4 is 5.73 Å². The highest BCUT2D eigenvalue weighted by Crippen LogP contribution is 2.23. The van der Waals surface area contributed by atoms with Crippen LogP contribution in [-0.4, -0.2) is 32.8 Å². The third-order valence-electron chi connectivity index (χ3n) is 2.78. The number of aryl methyl sites for hydroxylation is 1. The van der Waals surface area contributed by atoms with Gasteiger partial charge in [-0.15, -0.1) is 0 Å². The van der Waals surface area contributed by atoms with E-state index in [2.05, 4.69) is 0 Å². The molecule has 1 aromatic carbocycles. The molecule has 0 heterocycles. The number of carboxylic acids is 1. The van der Waals surface area contributed by atoms with Crippen LogP contribution in [0.5, 0.6) is 0 Å². The zero-order chi connectivity index (χ0) is 15.3. The van der Waals surface area contributed by atoms with Gasteiger partial charge in [-0.1, -0.05) is 29.3 Å². The molecular formula is C12H16Cl2N2O3S. The van der Waals surface area contributed by atoms with E-state index in [4.69, 9.17) is 38.8 Å². The quantitative estimate of drug-likeness (QED) is 0.709. The summed E-state index contributed by atoms with van der Waals surface area (Å²) in [5.74, 6) is -1.04. The van der Waals surface area contributed by atoms with E-state index >= 15 is 0 Å². The minimum Gasteiger partial charge on any atom is -0.480 e. The molecule has 8 heteroatoms. The SMILES string of the molecule is N=S(=O)(CCc1ccc(Cl)c(Cl)c1)CC[C@H](N)C(=O)O. The summed E-state index contributed by atoms with van der Waals surface area (Å²) in [6.45, 7) is 0. The normalized spacial score (nSPS) is 15.6. The van der Waals surface area contributed by atoms with E-state index in [1.807, 2.05) is 0 Å². The maximum Gasteiger partial charge on any atom is 0.320 e. The molecule has 0 aliphatic carbocycles. The number of carboxylic acid groups (broad SMARTS) is 1. The van der Waals surface area contributed by atoms with Gasteiger partial charge in [0.05, 0.1) is 10.0 Å². The molecular weight excluding hydrogens is 323 g/mol. The predicted molar refractivity (Wildman–Crippen MR) is 81.0 cm³/mol. The van der Waals surface area contributed by atoms with E-state index in [0.29, 0.717) is 16.5 Å². The fourth-order valence-electron chi connectivity index (χ4n) is 1.52. The van der Waals surface area contributed by atoms with Crippen molar-refractivity contribution in [1.82, 2.24) is 0 Å². The van der Waals surface area contributed by atoms with Gasteiger partial charge >= 0.3 is 5.97 Å². The van der Waals surface area contributed by atoms with Crippen molar-refractivity contribution in [2.24, 2.45) is 5.73 Å². The first-order chi connectivity index (χ1) is 9.21. The van der Waals surface area contributed by atoms with Gasteiger partial charge < -0.3 is 10.8 Å². The highest BCUT2D eigenvalue weighted by molar-refractivity contribution is 7.92. The molecule has 0 fully saturated rings. The van der Waals surface area contributed by atoms with Gasteiger partial charge in [0.1, 0.15) is 6.04 Å². The Hall–Kier alpha value is -0.820. The number of hydrogen-bond donors (Lipinski definition) is 3. The van der Waals surface area contributed by atoms with Gasteiger partial charge in [0.15, 0.2) is 0 Å². The second-order valence-electron chi connectivity index (χ2n) is 4.45. The Balaban J connectivity index is 2.54. The molecule has 0 saturated carbocycles. The van der Waals surface area contributed by atoms with Crippen molar-refractivity contribution in [1.29, 1.82) is 4.78 Å². The molecule has 0 aliphatic heterocycles. The van der Waals surface area contributed by atoms with Crippen molar-refractivity contribution < 1.29 is 14.1 Å². The summed E-state index contributed by atoms with van der Waals surface area (Å²) in [7, 11) is -2.85. The van der Waals surface area contributed by atoms with Crippen molar-refractivity contribution in [3.05, 3.63) is 33.8 Å². The smallest absolute Gasteiger partial charge is 0.320 e. The highest BCUT2D eigenvalue weighted by Gasteiger charge is 2.15. The van der Waals surface area contributed by atoms with Crippen LogP contribution in [0.25, 0.3) is 0 Å². The molecule has 0 radical (unpaired) electrons. The summed E-state index contributed by atoms with van der Waals surface area (Å²) in [4.78, 5) is 10.6. The molecule has 0 saturated heterocycles. The molecule has 0 bridgehead atoms. The Labute approximate surface area is 128 Å². The number of nitrogens with one attached hydrogen (secondary N) is 1. The zero-order valence-electron chi connectivity index (χ0n) is 10.6. The summed E-state index contributed by atoms with van der Waals surface area (Å²) in [6, 6.07) is 3.99. The number of aliphatic carboxylic acids is 1. The third-order valence-corrected chi connectivity index (χ3v) is 5.28. The minimum absolute atomic E-state index is 0.0260. The van der Waals surface area contributed by atoms with Gasteiger partial charge in [-0.25, -0.2) is 4.21 Å². The Morgan fingerprint density at radius 2 is 2.00 bits per heavy atom. The van der Waals surface area contributed by atoms with Crippen molar-refractivity contribution in [3.63, 3.8) is 0 Å². The molecule has 20 heavy (non-hydrogen) atoms. The molecule has 1 unspecified atom stereocenters. The van der Waals surface area contributed by atoms with Crippen molar-refractivity contribution in [2.45, 2.75) is 18.9 Å². The number of halogens is 2. The largest absolute Gasteiger partial charge is 0.480 e. The van der Waals surface area contributed by atoms with Gasteiger partial charge in [0, 0.05) is 21.2 Å². The van der Waals surface area contributed by atoms with Gasteiger partial charge in [-0.3, -0.25) is 9.57 Å². The Morgan fingerprint density at radius 1 is 1.35 bits per heavy atom. The van der Waals surface area contributed by atoms with Crippen LogP contribution in [-0.2, 0) is 20.9 Å². The fraction of sp³-hybridized carbons (Fsp3) is 0.417. The molecule has 2 atom stereocenters. The molecule has 0 spiro atoms. The lowest BCUT2D eigenvalue weighted by Crippen LogP contribution is -2.32. The van der Waals surface area contributed by atoms with Crippen LogP contribution in [0.4, 0.5) is 0 Å². The molecule has 112 valence electrons. The standard InChI is InChI=1S/C12H16Cl2N2O3S/c13-9-2-1-8(7-10(9)14)3-5-20(16,19)6-4-11(15)12(17)18/h1-2,7,11,16H,3-6,15H2,(H,17,18)/t11-,20?/m0/s1. The Morgan fingerprint density at radius 3 is 2.55 bits per heavy atom. The van der Waals surface area contributed by atoms with Crippen LogP contribution in [0.15, 0.2) is 18.2 Å². The predicted octanol–water partition coefficient (Wildman–Crippen LogP) is 2.38. The van der Waals surface area contributed by atoms with E-state index in [1.165, 1.54) is 0 Å². The van der Waals surface area contributed by atoms with Gasteiger partial charge in [0.2, 0.25) is 0 Å². The van der Waals surface area contributed by atoms with E-state index in [1.54, 1.807) is 18.2 Å². The van der Waals surface area contributed by atoms with Crippen LogP contribution in [0.3, 0.4) is 0 Å². The number of rotatable bonds is 7. The fourth-order valence-corrected chi connectivity index (χ4v) is 3.25. The lowest BCUT2D eigenvalue weighted by atomic mass is 10.2. The highest BCUT2D eigenvalue weighted by atomic mass is 35.5. The van der Waals surface area contributed by atoms with Gasteiger partial charge in [0.25, 0.3) is 0 Å². The average Bonchev–Trinajstić information content (AvgIpc) is 2.37.